The zero-order valence-corrected chi connectivity index (χ0v) is 12.6. The number of alkyl halides is 3. The number of nitrogens with one attached hydrogen (secondary N) is 1. The molecule has 21 heavy (non-hydrogen) atoms. The molecule has 1 aromatic rings. The highest BCUT2D eigenvalue weighted by Crippen LogP contribution is 2.27. The number of halogens is 3. The van der Waals surface area contributed by atoms with Crippen molar-refractivity contribution in [3.8, 4) is 0 Å². The minimum atomic E-state index is -4.13. The SMILES string of the molecule is Cc1cccc(N2CCC(CC(C)NCC(F)(F)F)C2)c1. The zero-order valence-electron chi connectivity index (χ0n) is 12.6. The van der Waals surface area contributed by atoms with Crippen molar-refractivity contribution < 1.29 is 13.2 Å². The lowest BCUT2D eigenvalue weighted by molar-refractivity contribution is -0.126. The fraction of sp³-hybridized carbons (Fsp3) is 0.625. The summed E-state index contributed by atoms with van der Waals surface area (Å²) < 4.78 is 36.5. The molecule has 1 aliphatic heterocycles. The van der Waals surface area contributed by atoms with Crippen molar-refractivity contribution in [2.24, 2.45) is 5.92 Å². The Kier molecular flexibility index (Phi) is 5.14. The predicted molar refractivity (Wildman–Crippen MR) is 79.6 cm³/mol. The first kappa shape index (κ1) is 16.1. The van der Waals surface area contributed by atoms with E-state index in [0.717, 1.165) is 25.9 Å². The van der Waals surface area contributed by atoms with Gasteiger partial charge in [-0.2, -0.15) is 13.2 Å². The van der Waals surface area contributed by atoms with Gasteiger partial charge in [-0.1, -0.05) is 12.1 Å². The Morgan fingerprint density at radius 2 is 2.14 bits per heavy atom. The predicted octanol–water partition coefficient (Wildman–Crippen LogP) is 3.75. The van der Waals surface area contributed by atoms with E-state index in [9.17, 15) is 13.2 Å². The first-order chi connectivity index (χ1) is 9.83. The second-order valence-corrected chi connectivity index (χ2v) is 6.07. The van der Waals surface area contributed by atoms with Crippen molar-refractivity contribution >= 4 is 5.69 Å². The molecule has 2 unspecified atom stereocenters. The molecular formula is C16H23F3N2. The van der Waals surface area contributed by atoms with Crippen LogP contribution in [0.3, 0.4) is 0 Å². The summed E-state index contributed by atoms with van der Waals surface area (Å²) in [7, 11) is 0. The van der Waals surface area contributed by atoms with E-state index in [1.807, 2.05) is 13.0 Å². The summed E-state index contributed by atoms with van der Waals surface area (Å²) in [6.07, 6.45) is -2.29. The molecule has 2 rings (SSSR count). The van der Waals surface area contributed by atoms with Gasteiger partial charge in [0.1, 0.15) is 0 Å². The van der Waals surface area contributed by atoms with E-state index in [1.165, 1.54) is 11.3 Å². The lowest BCUT2D eigenvalue weighted by Crippen LogP contribution is -2.36. The van der Waals surface area contributed by atoms with Crippen LogP contribution in [0.2, 0.25) is 0 Å². The third kappa shape index (κ3) is 5.23. The van der Waals surface area contributed by atoms with Gasteiger partial charge in [-0.15, -0.1) is 0 Å². The molecule has 2 nitrogen and oxygen atoms in total. The van der Waals surface area contributed by atoms with Gasteiger partial charge in [-0.3, -0.25) is 0 Å². The van der Waals surface area contributed by atoms with Gasteiger partial charge in [0.15, 0.2) is 0 Å². The normalized spacial score (nSPS) is 20.8. The van der Waals surface area contributed by atoms with Gasteiger partial charge >= 0.3 is 6.18 Å². The monoisotopic (exact) mass is 300 g/mol. The van der Waals surface area contributed by atoms with E-state index in [2.05, 4.69) is 35.3 Å². The first-order valence-corrected chi connectivity index (χ1v) is 7.45. The van der Waals surface area contributed by atoms with Crippen molar-refractivity contribution in [2.45, 2.75) is 38.9 Å². The van der Waals surface area contributed by atoms with E-state index in [4.69, 9.17) is 0 Å². The van der Waals surface area contributed by atoms with Crippen LogP contribution in [0.15, 0.2) is 24.3 Å². The van der Waals surface area contributed by atoms with E-state index in [-0.39, 0.29) is 6.04 Å². The number of nitrogens with zero attached hydrogens (tertiary/aromatic N) is 1. The second kappa shape index (κ2) is 6.69. The van der Waals surface area contributed by atoms with Crippen LogP contribution in [-0.4, -0.2) is 31.9 Å². The molecule has 0 amide bonds. The van der Waals surface area contributed by atoms with Gasteiger partial charge in [0.2, 0.25) is 0 Å². The number of benzene rings is 1. The van der Waals surface area contributed by atoms with Crippen LogP contribution in [0.4, 0.5) is 18.9 Å². The average molecular weight is 300 g/mol. The molecule has 1 aromatic carbocycles. The molecule has 5 heteroatoms. The third-order valence-corrected chi connectivity index (χ3v) is 3.99. The van der Waals surface area contributed by atoms with Crippen LogP contribution < -0.4 is 10.2 Å². The van der Waals surface area contributed by atoms with Crippen molar-refractivity contribution in [2.75, 3.05) is 24.5 Å². The Labute approximate surface area is 124 Å². The molecule has 1 saturated heterocycles. The fourth-order valence-corrected chi connectivity index (χ4v) is 2.96. The number of anilines is 1. The Morgan fingerprint density at radius 3 is 2.81 bits per heavy atom. The summed E-state index contributed by atoms with van der Waals surface area (Å²) in [5, 5.41) is 2.57. The lowest BCUT2D eigenvalue weighted by atomic mass is 10.00. The molecule has 0 saturated carbocycles. The van der Waals surface area contributed by atoms with Crippen LogP contribution in [0.25, 0.3) is 0 Å². The Bertz CT molecular complexity index is 459. The van der Waals surface area contributed by atoms with Crippen LogP contribution >= 0.6 is 0 Å². The van der Waals surface area contributed by atoms with Crippen LogP contribution in [0.5, 0.6) is 0 Å². The maximum atomic E-state index is 12.2. The van der Waals surface area contributed by atoms with E-state index < -0.39 is 12.7 Å². The summed E-state index contributed by atoms with van der Waals surface area (Å²) in [4.78, 5) is 2.33. The molecule has 1 fully saturated rings. The summed E-state index contributed by atoms with van der Waals surface area (Å²) >= 11 is 0. The molecule has 118 valence electrons. The van der Waals surface area contributed by atoms with Crippen molar-refractivity contribution in [3.63, 3.8) is 0 Å². The fourth-order valence-electron chi connectivity index (χ4n) is 2.96. The molecule has 0 aliphatic carbocycles. The number of rotatable bonds is 5. The summed E-state index contributed by atoms with van der Waals surface area (Å²) in [5.74, 6) is 0.459. The number of aryl methyl sites for hydroxylation is 1. The van der Waals surface area contributed by atoms with Gasteiger partial charge in [0.25, 0.3) is 0 Å². The molecule has 1 aliphatic rings. The molecule has 1 heterocycles. The van der Waals surface area contributed by atoms with Crippen molar-refractivity contribution in [1.82, 2.24) is 5.32 Å². The number of hydrogen-bond acceptors (Lipinski definition) is 2. The quantitative estimate of drug-likeness (QED) is 0.891. The number of hydrogen-bond donors (Lipinski definition) is 1. The summed E-state index contributed by atoms with van der Waals surface area (Å²) in [6.45, 7) is 4.92. The molecule has 0 spiro atoms. The molecule has 0 bridgehead atoms. The topological polar surface area (TPSA) is 15.3 Å². The third-order valence-electron chi connectivity index (χ3n) is 3.99. The first-order valence-electron chi connectivity index (χ1n) is 7.45. The van der Waals surface area contributed by atoms with E-state index in [0.29, 0.717) is 5.92 Å². The van der Waals surface area contributed by atoms with Crippen LogP contribution in [0, 0.1) is 12.8 Å². The molecule has 0 radical (unpaired) electrons. The van der Waals surface area contributed by atoms with Crippen molar-refractivity contribution in [1.29, 1.82) is 0 Å². The van der Waals surface area contributed by atoms with Gasteiger partial charge in [-0.25, -0.2) is 0 Å². The highest BCUT2D eigenvalue weighted by Gasteiger charge is 2.29. The van der Waals surface area contributed by atoms with Crippen LogP contribution in [0.1, 0.15) is 25.3 Å². The largest absolute Gasteiger partial charge is 0.401 e. The van der Waals surface area contributed by atoms with Crippen LogP contribution in [-0.2, 0) is 0 Å². The summed E-state index contributed by atoms with van der Waals surface area (Å²) in [6, 6.07) is 8.27. The van der Waals surface area contributed by atoms with E-state index in [1.54, 1.807) is 0 Å². The van der Waals surface area contributed by atoms with Gasteiger partial charge in [-0.05, 0) is 50.3 Å². The molecule has 1 N–H and O–H groups in total. The minimum absolute atomic E-state index is 0.103. The molecule has 2 atom stereocenters. The smallest absolute Gasteiger partial charge is 0.371 e. The molecular weight excluding hydrogens is 277 g/mol. The highest BCUT2D eigenvalue weighted by molar-refractivity contribution is 5.49. The van der Waals surface area contributed by atoms with E-state index >= 15 is 0 Å². The minimum Gasteiger partial charge on any atom is -0.371 e. The maximum Gasteiger partial charge on any atom is 0.401 e. The second-order valence-electron chi connectivity index (χ2n) is 6.07. The highest BCUT2D eigenvalue weighted by atomic mass is 19.4. The average Bonchev–Trinajstić information content (AvgIpc) is 2.84. The van der Waals surface area contributed by atoms with Crippen molar-refractivity contribution in [3.05, 3.63) is 29.8 Å². The van der Waals surface area contributed by atoms with Gasteiger partial charge in [0, 0.05) is 24.8 Å². The Balaban J connectivity index is 1.80. The lowest BCUT2D eigenvalue weighted by Gasteiger charge is -2.21. The Morgan fingerprint density at radius 1 is 1.38 bits per heavy atom. The zero-order chi connectivity index (χ0) is 15.5. The Hall–Kier alpha value is -1.23. The standard InChI is InChI=1S/C16H23F3N2/c1-12-4-3-5-15(8-12)21-7-6-14(10-21)9-13(2)20-11-16(17,18)19/h3-5,8,13-14,20H,6-7,9-11H2,1-2H3. The maximum absolute atomic E-state index is 12.2. The van der Waals surface area contributed by atoms with Gasteiger partial charge in [0.05, 0.1) is 6.54 Å². The molecule has 0 aromatic heterocycles. The van der Waals surface area contributed by atoms with Gasteiger partial charge < -0.3 is 10.2 Å². The summed E-state index contributed by atoms with van der Waals surface area (Å²) in [5.41, 5.74) is 2.45.